The molecule has 0 unspecified atom stereocenters. The number of carbonyl (C=O) groups is 1. The predicted molar refractivity (Wildman–Crippen MR) is 106 cm³/mol. The second-order valence-corrected chi connectivity index (χ2v) is 7.92. The molecule has 0 spiro atoms. The van der Waals surface area contributed by atoms with Gasteiger partial charge in [0.05, 0.1) is 35.3 Å². The van der Waals surface area contributed by atoms with Gasteiger partial charge in [0.15, 0.2) is 0 Å². The maximum absolute atomic E-state index is 12.8. The summed E-state index contributed by atoms with van der Waals surface area (Å²) >= 11 is 0. The molecule has 0 aromatic heterocycles. The van der Waals surface area contributed by atoms with Crippen molar-refractivity contribution in [2.75, 3.05) is 18.9 Å². The zero-order valence-electron chi connectivity index (χ0n) is 16.3. The number of sulfonamides is 1. The fourth-order valence-corrected chi connectivity index (χ4v) is 3.55. The van der Waals surface area contributed by atoms with E-state index >= 15 is 0 Å². The normalized spacial score (nSPS) is 11.1. The first kappa shape index (κ1) is 22.0. The van der Waals surface area contributed by atoms with Crippen molar-refractivity contribution in [1.29, 1.82) is 0 Å². The molecule has 1 amide bonds. The Balaban J connectivity index is 2.48. The van der Waals surface area contributed by atoms with Crippen molar-refractivity contribution in [1.82, 2.24) is 5.32 Å². The lowest BCUT2D eigenvalue weighted by atomic mass is 10.2. The summed E-state index contributed by atoms with van der Waals surface area (Å²) in [5.41, 5.74) is -0.379. The van der Waals surface area contributed by atoms with E-state index in [-0.39, 0.29) is 39.4 Å². The molecule has 2 aromatic rings. The van der Waals surface area contributed by atoms with E-state index in [4.69, 9.17) is 9.47 Å². The van der Waals surface area contributed by atoms with Crippen molar-refractivity contribution in [3.8, 4) is 11.5 Å². The summed E-state index contributed by atoms with van der Waals surface area (Å²) in [6, 6.07) is 7.14. The number of ether oxygens (including phenoxy) is 2. The molecule has 156 valence electrons. The monoisotopic (exact) mass is 423 g/mol. The molecule has 0 aliphatic heterocycles. The summed E-state index contributed by atoms with van der Waals surface area (Å²) in [6.45, 7) is 3.53. The Morgan fingerprint density at radius 1 is 1.07 bits per heavy atom. The number of hydrogen-bond donors (Lipinski definition) is 2. The topological polar surface area (TPSA) is 137 Å². The maximum Gasteiger partial charge on any atom is 0.271 e. The number of benzene rings is 2. The standard InChI is InChI=1S/C18H21N3O7S/c1-11(2)19-18(22)14-10-13(6-8-16(14)27-3)29(25,26)20-15-9-12(21(23)24)5-7-17(15)28-4/h5-11,20H,1-4H3,(H,19,22). The smallest absolute Gasteiger partial charge is 0.271 e. The fraction of sp³-hybridized carbons (Fsp3) is 0.278. The van der Waals surface area contributed by atoms with E-state index in [2.05, 4.69) is 10.0 Å². The first-order chi connectivity index (χ1) is 13.6. The van der Waals surface area contributed by atoms with Crippen LogP contribution in [0, 0.1) is 10.1 Å². The second kappa shape index (κ2) is 8.78. The molecule has 0 aliphatic rings. The van der Waals surface area contributed by atoms with Crippen LogP contribution < -0.4 is 19.5 Å². The SMILES string of the molecule is COc1ccc([N+](=O)[O-])cc1NS(=O)(=O)c1ccc(OC)c(C(=O)NC(C)C)c1. The third-order valence-electron chi connectivity index (χ3n) is 3.78. The minimum absolute atomic E-state index is 0.0371. The molecule has 0 saturated heterocycles. The lowest BCUT2D eigenvalue weighted by Gasteiger charge is -2.15. The van der Waals surface area contributed by atoms with Crippen LogP contribution >= 0.6 is 0 Å². The Hall–Kier alpha value is -3.34. The highest BCUT2D eigenvalue weighted by Gasteiger charge is 2.22. The van der Waals surface area contributed by atoms with Gasteiger partial charge in [-0.2, -0.15) is 0 Å². The number of carbonyl (C=O) groups excluding carboxylic acids is 1. The van der Waals surface area contributed by atoms with Crippen LogP contribution in [-0.2, 0) is 10.0 Å². The van der Waals surface area contributed by atoms with E-state index < -0.39 is 20.9 Å². The number of rotatable bonds is 8. The maximum atomic E-state index is 12.8. The van der Waals surface area contributed by atoms with Gasteiger partial charge in [0.1, 0.15) is 11.5 Å². The molecule has 29 heavy (non-hydrogen) atoms. The number of nitro benzene ring substituents is 1. The van der Waals surface area contributed by atoms with Crippen LogP contribution in [0.15, 0.2) is 41.3 Å². The van der Waals surface area contributed by atoms with Gasteiger partial charge in [-0.1, -0.05) is 0 Å². The molecule has 0 heterocycles. The van der Waals surface area contributed by atoms with Gasteiger partial charge in [-0.15, -0.1) is 0 Å². The van der Waals surface area contributed by atoms with Crippen molar-refractivity contribution in [3.05, 3.63) is 52.1 Å². The van der Waals surface area contributed by atoms with Gasteiger partial charge < -0.3 is 14.8 Å². The Morgan fingerprint density at radius 2 is 1.69 bits per heavy atom. The quantitative estimate of drug-likeness (QED) is 0.492. The van der Waals surface area contributed by atoms with Crippen LogP contribution in [0.2, 0.25) is 0 Å². The third kappa shape index (κ3) is 5.13. The van der Waals surface area contributed by atoms with Gasteiger partial charge in [-0.05, 0) is 38.1 Å². The van der Waals surface area contributed by atoms with Gasteiger partial charge in [-0.25, -0.2) is 8.42 Å². The van der Waals surface area contributed by atoms with Gasteiger partial charge in [-0.3, -0.25) is 19.6 Å². The van der Waals surface area contributed by atoms with E-state index in [1.165, 1.54) is 44.6 Å². The summed E-state index contributed by atoms with van der Waals surface area (Å²) < 4.78 is 38.2. The average molecular weight is 423 g/mol. The minimum atomic E-state index is -4.19. The molecule has 0 bridgehead atoms. The Bertz CT molecular complexity index is 1040. The molecule has 11 heteroatoms. The number of amides is 1. The first-order valence-corrected chi connectivity index (χ1v) is 9.91. The molecular formula is C18H21N3O7S. The predicted octanol–water partition coefficient (Wildman–Crippen LogP) is 2.55. The number of anilines is 1. The van der Waals surface area contributed by atoms with E-state index in [0.29, 0.717) is 0 Å². The first-order valence-electron chi connectivity index (χ1n) is 8.43. The number of non-ortho nitro benzene ring substituents is 1. The molecule has 0 atom stereocenters. The lowest BCUT2D eigenvalue weighted by molar-refractivity contribution is -0.384. The fourth-order valence-electron chi connectivity index (χ4n) is 2.46. The van der Waals surface area contributed by atoms with E-state index in [0.717, 1.165) is 6.07 Å². The average Bonchev–Trinajstić information content (AvgIpc) is 2.66. The molecule has 0 fully saturated rings. The van der Waals surface area contributed by atoms with E-state index in [1.807, 2.05) is 0 Å². The number of nitrogens with one attached hydrogen (secondary N) is 2. The van der Waals surface area contributed by atoms with Crippen molar-refractivity contribution >= 4 is 27.3 Å². The van der Waals surface area contributed by atoms with Crippen LogP contribution in [0.4, 0.5) is 11.4 Å². The van der Waals surface area contributed by atoms with Gasteiger partial charge in [0, 0.05) is 18.2 Å². The van der Waals surface area contributed by atoms with Crippen molar-refractivity contribution in [2.45, 2.75) is 24.8 Å². The van der Waals surface area contributed by atoms with Gasteiger partial charge >= 0.3 is 0 Å². The Morgan fingerprint density at radius 3 is 2.24 bits per heavy atom. The molecule has 0 saturated carbocycles. The van der Waals surface area contributed by atoms with E-state index in [1.54, 1.807) is 13.8 Å². The number of hydrogen-bond acceptors (Lipinski definition) is 7. The van der Waals surface area contributed by atoms with Crippen LogP contribution in [0.25, 0.3) is 0 Å². The van der Waals surface area contributed by atoms with Crippen LogP contribution in [-0.4, -0.2) is 39.5 Å². The summed E-state index contributed by atoms with van der Waals surface area (Å²) in [5, 5.41) is 13.7. The van der Waals surface area contributed by atoms with Gasteiger partial charge in [0.25, 0.3) is 21.6 Å². The molecular weight excluding hydrogens is 402 g/mol. The molecule has 2 aromatic carbocycles. The number of nitrogens with zero attached hydrogens (tertiary/aromatic N) is 1. The molecule has 2 rings (SSSR count). The van der Waals surface area contributed by atoms with Crippen molar-refractivity contribution in [3.63, 3.8) is 0 Å². The van der Waals surface area contributed by atoms with Crippen molar-refractivity contribution in [2.24, 2.45) is 0 Å². The van der Waals surface area contributed by atoms with Gasteiger partial charge in [0.2, 0.25) is 0 Å². The largest absolute Gasteiger partial charge is 0.496 e. The molecule has 0 radical (unpaired) electrons. The van der Waals surface area contributed by atoms with E-state index in [9.17, 15) is 23.3 Å². The number of methoxy groups -OCH3 is 2. The highest BCUT2D eigenvalue weighted by Crippen LogP contribution is 2.31. The lowest BCUT2D eigenvalue weighted by Crippen LogP contribution is -2.30. The highest BCUT2D eigenvalue weighted by atomic mass is 32.2. The summed E-state index contributed by atoms with van der Waals surface area (Å²) in [6.07, 6.45) is 0. The summed E-state index contributed by atoms with van der Waals surface area (Å²) in [7, 11) is -1.52. The van der Waals surface area contributed by atoms with Crippen LogP contribution in [0.3, 0.4) is 0 Å². The Labute approximate surface area is 168 Å². The third-order valence-corrected chi connectivity index (χ3v) is 5.15. The van der Waals surface area contributed by atoms with Crippen LogP contribution in [0.5, 0.6) is 11.5 Å². The summed E-state index contributed by atoms with van der Waals surface area (Å²) in [4.78, 5) is 22.5. The van der Waals surface area contributed by atoms with Crippen LogP contribution in [0.1, 0.15) is 24.2 Å². The number of nitro groups is 1. The summed E-state index contributed by atoms with van der Waals surface area (Å²) in [5.74, 6) is -0.192. The Kier molecular flexibility index (Phi) is 6.64. The molecule has 0 aliphatic carbocycles. The zero-order chi connectivity index (χ0) is 21.8. The van der Waals surface area contributed by atoms with Crippen molar-refractivity contribution < 1.29 is 27.6 Å². The minimum Gasteiger partial charge on any atom is -0.496 e. The zero-order valence-corrected chi connectivity index (χ0v) is 17.1. The highest BCUT2D eigenvalue weighted by molar-refractivity contribution is 7.92. The molecule has 10 nitrogen and oxygen atoms in total. The second-order valence-electron chi connectivity index (χ2n) is 6.24. The molecule has 2 N–H and O–H groups in total.